The van der Waals surface area contributed by atoms with E-state index in [-0.39, 0.29) is 0 Å². The number of hydrogen-bond donors (Lipinski definition) is 2. The highest BCUT2D eigenvalue weighted by atomic mass is 15.6. The van der Waals surface area contributed by atoms with Crippen LogP contribution < -0.4 is 21.3 Å². The maximum atomic E-state index is 3.19. The molecule has 0 saturated carbocycles. The van der Waals surface area contributed by atoms with Crippen LogP contribution >= 0.6 is 0 Å². The summed E-state index contributed by atoms with van der Waals surface area (Å²) in [6, 6.07) is 8.45. The summed E-state index contributed by atoms with van der Waals surface area (Å²) in [6.45, 7) is 1.88. The molecule has 0 amide bonds. The molecule has 3 rings (SSSR count). The first-order valence-electron chi connectivity index (χ1n) is 4.48. The van der Waals surface area contributed by atoms with Gasteiger partial charge in [-0.3, -0.25) is 0 Å². The van der Waals surface area contributed by atoms with Crippen molar-refractivity contribution >= 4 is 11.9 Å². The van der Waals surface area contributed by atoms with Gasteiger partial charge < -0.3 is 10.3 Å². The van der Waals surface area contributed by atoms with Gasteiger partial charge in [0.25, 0.3) is 0 Å². The Bertz CT molecular complexity index is 449. The van der Waals surface area contributed by atoms with Crippen LogP contribution in [-0.4, -0.2) is 18.1 Å². The summed E-state index contributed by atoms with van der Waals surface area (Å²) in [5.74, 6) is 1.21. The van der Waals surface area contributed by atoms with Gasteiger partial charge in [0.2, 0.25) is 0 Å². The average Bonchev–Trinajstić information content (AvgIpc) is 2.65. The predicted octanol–water partition coefficient (Wildman–Crippen LogP) is -1.09. The first kappa shape index (κ1) is 6.97. The van der Waals surface area contributed by atoms with Crippen LogP contribution in [0, 0.1) is 0 Å². The lowest BCUT2D eigenvalue weighted by Crippen LogP contribution is -2.39. The molecule has 0 unspecified atom stereocenters. The summed E-state index contributed by atoms with van der Waals surface area (Å²) in [7, 11) is 0. The number of fused-ring (bicyclic) bond motifs is 2. The summed E-state index contributed by atoms with van der Waals surface area (Å²) in [5, 5.41) is 2.61. The van der Waals surface area contributed by atoms with Gasteiger partial charge in [0.15, 0.2) is 0 Å². The summed E-state index contributed by atoms with van der Waals surface area (Å²) in [5.41, 5.74) is 6.31. The molecular formula is C10H11N3. The zero-order valence-corrected chi connectivity index (χ0v) is 7.25. The van der Waals surface area contributed by atoms with Gasteiger partial charge in [-0.1, -0.05) is 30.3 Å². The van der Waals surface area contributed by atoms with E-state index >= 15 is 0 Å². The summed E-state index contributed by atoms with van der Waals surface area (Å²) >= 11 is 0. The highest BCUT2D eigenvalue weighted by Crippen LogP contribution is 2.04. The van der Waals surface area contributed by atoms with Crippen LogP contribution in [0.4, 0.5) is 0 Å². The van der Waals surface area contributed by atoms with E-state index in [0.717, 1.165) is 13.2 Å². The molecule has 1 fully saturated rings. The predicted molar refractivity (Wildman–Crippen MR) is 51.4 cm³/mol. The van der Waals surface area contributed by atoms with Crippen LogP contribution in [0.15, 0.2) is 24.3 Å². The smallest absolute Gasteiger partial charge is 0.125 e. The minimum atomic E-state index is 0.889. The van der Waals surface area contributed by atoms with Gasteiger partial charge in [-0.25, -0.2) is 5.43 Å². The minimum Gasteiger partial charge on any atom is -0.339 e. The molecule has 0 aromatic heterocycles. The molecule has 2 N–H and O–H groups in total. The lowest BCUT2D eigenvalue weighted by atomic mass is 10.2. The number of nitrogens with one attached hydrogen (secondary N) is 2. The third kappa shape index (κ3) is 0.939. The molecule has 66 valence electrons. The molecule has 1 aromatic carbocycles. The number of hydrazine groups is 1. The van der Waals surface area contributed by atoms with Gasteiger partial charge in [0.05, 0.1) is 6.67 Å². The first-order chi connectivity index (χ1) is 6.45. The highest BCUT2D eigenvalue weighted by molar-refractivity contribution is 5.49. The lowest BCUT2D eigenvalue weighted by Gasteiger charge is -2.18. The Morgan fingerprint density at radius 2 is 2.15 bits per heavy atom. The lowest BCUT2D eigenvalue weighted by molar-refractivity contribution is 0.466. The second kappa shape index (κ2) is 2.50. The monoisotopic (exact) mass is 173 g/mol. The van der Waals surface area contributed by atoms with Crippen molar-refractivity contribution in [2.45, 2.75) is 0 Å². The standard InChI is InChI=1S/C10H11N3/c1-2-4-9-8(3-1)5-6-13-7-11-12-10(9)13/h1-5,11-12H,6-7H2. The van der Waals surface area contributed by atoms with E-state index in [1.54, 1.807) is 0 Å². The molecule has 0 bridgehead atoms. The number of rotatable bonds is 0. The molecule has 3 heteroatoms. The van der Waals surface area contributed by atoms with Gasteiger partial charge in [-0.2, -0.15) is 0 Å². The van der Waals surface area contributed by atoms with Crippen molar-refractivity contribution in [1.29, 1.82) is 0 Å². The number of nitrogens with zero attached hydrogens (tertiary/aromatic N) is 1. The maximum absolute atomic E-state index is 3.19. The number of benzene rings is 1. The average molecular weight is 173 g/mol. The van der Waals surface area contributed by atoms with Crippen molar-refractivity contribution in [2.75, 3.05) is 13.2 Å². The number of hydrogen-bond acceptors (Lipinski definition) is 3. The fourth-order valence-corrected chi connectivity index (χ4v) is 1.87. The van der Waals surface area contributed by atoms with Crippen molar-refractivity contribution in [3.05, 3.63) is 34.7 Å². The molecule has 2 aliphatic heterocycles. The largest absolute Gasteiger partial charge is 0.339 e. The van der Waals surface area contributed by atoms with Crippen LogP contribution in [0.5, 0.6) is 0 Å². The van der Waals surface area contributed by atoms with Gasteiger partial charge in [-0.15, -0.1) is 0 Å². The molecule has 2 heterocycles. The second-order valence-corrected chi connectivity index (χ2v) is 3.32. The van der Waals surface area contributed by atoms with E-state index in [1.165, 1.54) is 16.3 Å². The zero-order valence-electron chi connectivity index (χ0n) is 7.25. The summed E-state index contributed by atoms with van der Waals surface area (Å²) in [4.78, 5) is 2.28. The first-order valence-corrected chi connectivity index (χ1v) is 4.48. The highest BCUT2D eigenvalue weighted by Gasteiger charge is 2.17. The van der Waals surface area contributed by atoms with E-state index in [0.29, 0.717) is 0 Å². The molecule has 1 saturated heterocycles. The molecule has 2 aliphatic rings. The SMILES string of the molecule is C1=c2ccccc2=C2NNCN2C1. The normalized spacial score (nSPS) is 18.8. The van der Waals surface area contributed by atoms with Crippen molar-refractivity contribution in [3.63, 3.8) is 0 Å². The van der Waals surface area contributed by atoms with E-state index in [2.05, 4.69) is 46.1 Å². The van der Waals surface area contributed by atoms with Gasteiger partial charge in [0.1, 0.15) is 5.82 Å². The maximum Gasteiger partial charge on any atom is 0.125 e. The van der Waals surface area contributed by atoms with Crippen molar-refractivity contribution < 1.29 is 0 Å². The molecule has 0 aliphatic carbocycles. The Kier molecular flexibility index (Phi) is 1.34. The Morgan fingerprint density at radius 1 is 1.23 bits per heavy atom. The van der Waals surface area contributed by atoms with Crippen LogP contribution in [0.2, 0.25) is 0 Å². The molecular weight excluding hydrogens is 162 g/mol. The molecule has 0 spiro atoms. The molecule has 1 aromatic rings. The minimum absolute atomic E-state index is 0.889. The molecule has 13 heavy (non-hydrogen) atoms. The van der Waals surface area contributed by atoms with Crippen LogP contribution in [0.3, 0.4) is 0 Å². The van der Waals surface area contributed by atoms with E-state index in [1.807, 2.05) is 0 Å². The molecule has 3 nitrogen and oxygen atoms in total. The van der Waals surface area contributed by atoms with Gasteiger partial charge >= 0.3 is 0 Å². The Labute approximate surface area is 76.3 Å². The van der Waals surface area contributed by atoms with Gasteiger partial charge in [-0.05, 0) is 5.22 Å². The quantitative estimate of drug-likeness (QED) is 0.522. The van der Waals surface area contributed by atoms with E-state index in [4.69, 9.17) is 0 Å². The Balaban J connectivity index is 2.38. The van der Waals surface area contributed by atoms with Crippen LogP contribution in [0.25, 0.3) is 11.9 Å². The topological polar surface area (TPSA) is 27.3 Å². The fraction of sp³-hybridized carbons (Fsp3) is 0.200. The Hall–Kier alpha value is -1.48. The molecule has 0 atom stereocenters. The van der Waals surface area contributed by atoms with Crippen molar-refractivity contribution in [2.24, 2.45) is 0 Å². The second-order valence-electron chi connectivity index (χ2n) is 3.32. The third-order valence-corrected chi connectivity index (χ3v) is 2.54. The van der Waals surface area contributed by atoms with Gasteiger partial charge in [0, 0.05) is 11.8 Å². The Morgan fingerprint density at radius 3 is 3.15 bits per heavy atom. The van der Waals surface area contributed by atoms with Crippen molar-refractivity contribution in [1.82, 2.24) is 15.8 Å². The van der Waals surface area contributed by atoms with Crippen LogP contribution in [0.1, 0.15) is 0 Å². The fourth-order valence-electron chi connectivity index (χ4n) is 1.87. The summed E-state index contributed by atoms with van der Waals surface area (Å²) in [6.07, 6.45) is 2.26. The van der Waals surface area contributed by atoms with Crippen molar-refractivity contribution in [3.8, 4) is 0 Å². The zero-order chi connectivity index (χ0) is 8.67. The van der Waals surface area contributed by atoms with E-state index < -0.39 is 0 Å². The van der Waals surface area contributed by atoms with Crippen LogP contribution in [-0.2, 0) is 0 Å². The summed E-state index contributed by atoms with van der Waals surface area (Å²) < 4.78 is 0. The third-order valence-electron chi connectivity index (χ3n) is 2.54. The molecule has 0 radical (unpaired) electrons. The van der Waals surface area contributed by atoms with E-state index in [9.17, 15) is 0 Å².